The predicted octanol–water partition coefficient (Wildman–Crippen LogP) is 3.00. The molecule has 1 aromatic heterocycles. The first-order valence-corrected chi connectivity index (χ1v) is 4.21. The molecule has 0 amide bonds. The van der Waals surface area contributed by atoms with E-state index in [-0.39, 0.29) is 5.82 Å². The molecule has 12 heavy (non-hydrogen) atoms. The summed E-state index contributed by atoms with van der Waals surface area (Å²) in [5, 5.41) is 0.810. The molecule has 0 aliphatic rings. The van der Waals surface area contributed by atoms with Crippen LogP contribution in [0.2, 0.25) is 0 Å². The molecule has 0 bridgehead atoms. The maximum absolute atomic E-state index is 12.8. The number of hydrogen-bond donors (Lipinski definition) is 1. The fourth-order valence-electron chi connectivity index (χ4n) is 1.18. The zero-order valence-electron chi connectivity index (χ0n) is 6.25. The highest BCUT2D eigenvalue weighted by Crippen LogP contribution is 2.22. The number of rotatable bonds is 1. The minimum atomic E-state index is -0.244. The molecule has 1 nitrogen and oxygen atoms in total. The molecule has 0 N–H and O–H groups in total. The lowest BCUT2D eigenvalue weighted by atomic mass is 10.2. The first-order chi connectivity index (χ1) is 5.81. The lowest BCUT2D eigenvalue weighted by Crippen LogP contribution is -1.75. The quantitative estimate of drug-likeness (QED) is 0.669. The van der Waals surface area contributed by atoms with Gasteiger partial charge in [0.25, 0.3) is 0 Å². The van der Waals surface area contributed by atoms with Crippen LogP contribution in [-0.2, 0) is 5.75 Å². The van der Waals surface area contributed by atoms with Crippen LogP contribution in [0.5, 0.6) is 0 Å². The van der Waals surface area contributed by atoms with Gasteiger partial charge in [-0.3, -0.25) is 0 Å². The van der Waals surface area contributed by atoms with E-state index in [1.165, 1.54) is 12.1 Å². The molecule has 2 aromatic rings. The maximum Gasteiger partial charge on any atom is 0.134 e. The van der Waals surface area contributed by atoms with Gasteiger partial charge in [-0.15, -0.1) is 0 Å². The summed E-state index contributed by atoms with van der Waals surface area (Å²) in [5.74, 6) is 0.322. The standard InChI is InChI=1S/C9H7FOS/c10-7-1-2-9-8(3-7)6(5-12)4-11-9/h1-4,12H,5H2. The Balaban J connectivity index is 2.75. The van der Waals surface area contributed by atoms with Crippen molar-refractivity contribution in [2.75, 3.05) is 0 Å². The van der Waals surface area contributed by atoms with Gasteiger partial charge in [-0.1, -0.05) is 0 Å². The van der Waals surface area contributed by atoms with Gasteiger partial charge in [-0.05, 0) is 18.2 Å². The zero-order chi connectivity index (χ0) is 8.55. The highest BCUT2D eigenvalue weighted by molar-refractivity contribution is 7.79. The fourth-order valence-corrected chi connectivity index (χ4v) is 1.42. The van der Waals surface area contributed by atoms with Crippen molar-refractivity contribution in [3.8, 4) is 0 Å². The molecule has 0 radical (unpaired) electrons. The molecular formula is C9H7FOS. The summed E-state index contributed by atoms with van der Waals surface area (Å²) in [5.41, 5.74) is 1.63. The van der Waals surface area contributed by atoms with Gasteiger partial charge < -0.3 is 4.42 Å². The first-order valence-electron chi connectivity index (χ1n) is 3.58. The second kappa shape index (κ2) is 2.83. The van der Waals surface area contributed by atoms with Crippen LogP contribution < -0.4 is 0 Å². The average molecular weight is 182 g/mol. The van der Waals surface area contributed by atoms with Gasteiger partial charge >= 0.3 is 0 Å². The summed E-state index contributed by atoms with van der Waals surface area (Å²) in [4.78, 5) is 0. The molecule has 0 fully saturated rings. The summed E-state index contributed by atoms with van der Waals surface area (Å²) in [6, 6.07) is 4.47. The third kappa shape index (κ3) is 1.10. The summed E-state index contributed by atoms with van der Waals surface area (Å²) in [6.07, 6.45) is 1.61. The number of thiol groups is 1. The summed E-state index contributed by atoms with van der Waals surface area (Å²) >= 11 is 4.10. The van der Waals surface area contributed by atoms with Gasteiger partial charge in [0.15, 0.2) is 0 Å². The van der Waals surface area contributed by atoms with Crippen LogP contribution in [0.15, 0.2) is 28.9 Å². The van der Waals surface area contributed by atoms with Gasteiger partial charge in [0.2, 0.25) is 0 Å². The third-order valence-electron chi connectivity index (χ3n) is 1.79. The van der Waals surface area contributed by atoms with Crippen LogP contribution in [0.4, 0.5) is 4.39 Å². The number of halogens is 1. The normalized spacial score (nSPS) is 10.8. The smallest absolute Gasteiger partial charge is 0.134 e. The molecule has 0 atom stereocenters. The molecule has 1 heterocycles. The Morgan fingerprint density at radius 3 is 3.00 bits per heavy atom. The molecule has 1 aromatic carbocycles. The van der Waals surface area contributed by atoms with E-state index in [1.54, 1.807) is 12.3 Å². The zero-order valence-corrected chi connectivity index (χ0v) is 7.14. The number of fused-ring (bicyclic) bond motifs is 1. The van der Waals surface area contributed by atoms with E-state index in [0.29, 0.717) is 11.3 Å². The summed E-state index contributed by atoms with van der Waals surface area (Å²) in [6.45, 7) is 0. The van der Waals surface area contributed by atoms with E-state index < -0.39 is 0 Å². The van der Waals surface area contributed by atoms with Crippen LogP contribution in [0.1, 0.15) is 5.56 Å². The van der Waals surface area contributed by atoms with Crippen molar-refractivity contribution in [3.63, 3.8) is 0 Å². The molecule has 2 rings (SSSR count). The van der Waals surface area contributed by atoms with E-state index in [9.17, 15) is 4.39 Å². The molecule has 62 valence electrons. The Bertz CT molecular complexity index is 408. The second-order valence-electron chi connectivity index (χ2n) is 2.56. The Hall–Kier alpha value is -0.960. The van der Waals surface area contributed by atoms with Gasteiger partial charge in [0.05, 0.1) is 6.26 Å². The highest BCUT2D eigenvalue weighted by atomic mass is 32.1. The van der Waals surface area contributed by atoms with Crippen LogP contribution in [-0.4, -0.2) is 0 Å². The van der Waals surface area contributed by atoms with Crippen molar-refractivity contribution in [3.05, 3.63) is 35.8 Å². The number of benzene rings is 1. The maximum atomic E-state index is 12.8. The van der Waals surface area contributed by atoms with Crippen LogP contribution >= 0.6 is 12.6 Å². The van der Waals surface area contributed by atoms with Gasteiger partial charge in [-0.25, -0.2) is 4.39 Å². The number of hydrogen-bond acceptors (Lipinski definition) is 2. The van der Waals surface area contributed by atoms with Crippen LogP contribution in [0.25, 0.3) is 11.0 Å². The third-order valence-corrected chi connectivity index (χ3v) is 2.13. The van der Waals surface area contributed by atoms with Crippen molar-refractivity contribution in [2.45, 2.75) is 5.75 Å². The number of furan rings is 1. The molecule has 0 aliphatic carbocycles. The van der Waals surface area contributed by atoms with Gasteiger partial charge in [0, 0.05) is 16.7 Å². The highest BCUT2D eigenvalue weighted by Gasteiger charge is 2.04. The van der Waals surface area contributed by atoms with E-state index in [1.807, 2.05) is 0 Å². The molecule has 0 saturated carbocycles. The molecule has 3 heteroatoms. The summed E-state index contributed by atoms with van der Waals surface area (Å²) < 4.78 is 17.9. The van der Waals surface area contributed by atoms with E-state index >= 15 is 0 Å². The van der Waals surface area contributed by atoms with Crippen molar-refractivity contribution in [1.82, 2.24) is 0 Å². The largest absolute Gasteiger partial charge is 0.464 e. The average Bonchev–Trinajstić information content (AvgIpc) is 2.46. The monoisotopic (exact) mass is 182 g/mol. The molecule has 0 saturated heterocycles. The molecular weight excluding hydrogens is 175 g/mol. The van der Waals surface area contributed by atoms with Crippen molar-refractivity contribution in [2.24, 2.45) is 0 Å². The van der Waals surface area contributed by atoms with Crippen LogP contribution in [0.3, 0.4) is 0 Å². The lowest BCUT2D eigenvalue weighted by Gasteiger charge is -1.90. The summed E-state index contributed by atoms with van der Waals surface area (Å²) in [7, 11) is 0. The Kier molecular flexibility index (Phi) is 1.81. The first kappa shape index (κ1) is 7.68. The molecule has 0 aliphatic heterocycles. The second-order valence-corrected chi connectivity index (χ2v) is 2.88. The fraction of sp³-hybridized carbons (Fsp3) is 0.111. The topological polar surface area (TPSA) is 13.1 Å². The van der Waals surface area contributed by atoms with Crippen molar-refractivity contribution >= 4 is 23.6 Å². The van der Waals surface area contributed by atoms with E-state index in [2.05, 4.69) is 12.6 Å². The Morgan fingerprint density at radius 1 is 1.42 bits per heavy atom. The van der Waals surface area contributed by atoms with Crippen LogP contribution in [0, 0.1) is 5.82 Å². The molecule has 0 unspecified atom stereocenters. The van der Waals surface area contributed by atoms with Crippen molar-refractivity contribution < 1.29 is 8.81 Å². The lowest BCUT2D eigenvalue weighted by molar-refractivity contribution is 0.607. The Morgan fingerprint density at radius 2 is 2.25 bits per heavy atom. The van der Waals surface area contributed by atoms with Crippen molar-refractivity contribution in [1.29, 1.82) is 0 Å². The van der Waals surface area contributed by atoms with E-state index in [0.717, 1.165) is 10.9 Å². The SMILES string of the molecule is Fc1ccc2occ(CS)c2c1. The van der Waals surface area contributed by atoms with E-state index in [4.69, 9.17) is 4.42 Å². The minimum Gasteiger partial charge on any atom is -0.464 e. The van der Waals surface area contributed by atoms with Gasteiger partial charge in [-0.2, -0.15) is 12.6 Å². The molecule has 0 spiro atoms. The Labute approximate surface area is 74.6 Å². The predicted molar refractivity (Wildman–Crippen MR) is 48.9 cm³/mol. The minimum absolute atomic E-state index is 0.244. The van der Waals surface area contributed by atoms with Gasteiger partial charge in [0.1, 0.15) is 11.4 Å².